The van der Waals surface area contributed by atoms with Crippen LogP contribution in [0.1, 0.15) is 12.8 Å². The number of imide groups is 1. The number of nitrogens with one attached hydrogen (secondary N) is 1. The number of nitrogens with zero attached hydrogens (tertiary/aromatic N) is 1. The normalized spacial score (nSPS) is 31.2. The molecule has 1 aromatic carbocycles. The topological polar surface area (TPSA) is 92.8 Å². The van der Waals surface area contributed by atoms with Crippen LogP contribution in [0.2, 0.25) is 10.0 Å². The lowest BCUT2D eigenvalue weighted by Crippen LogP contribution is -2.37. The van der Waals surface area contributed by atoms with E-state index < -0.39 is 18.5 Å². The summed E-state index contributed by atoms with van der Waals surface area (Å²) in [4.78, 5) is 51.2. The van der Waals surface area contributed by atoms with Gasteiger partial charge < -0.3 is 10.1 Å². The number of hydrogen-bond donors (Lipinski definition) is 1. The van der Waals surface area contributed by atoms with E-state index in [4.69, 9.17) is 27.9 Å². The minimum atomic E-state index is -0.676. The highest BCUT2D eigenvalue weighted by molar-refractivity contribution is 9.12. The molecule has 31 heavy (non-hydrogen) atoms. The summed E-state index contributed by atoms with van der Waals surface area (Å²) in [5.41, 5.74) is 0.305. The van der Waals surface area contributed by atoms with E-state index in [1.54, 1.807) is 6.07 Å². The van der Waals surface area contributed by atoms with Crippen LogP contribution in [-0.4, -0.2) is 51.4 Å². The Morgan fingerprint density at radius 3 is 2.32 bits per heavy atom. The average Bonchev–Trinajstić information content (AvgIpc) is 3.33. The maximum Gasteiger partial charge on any atom is 0.308 e. The highest BCUT2D eigenvalue weighted by atomic mass is 79.9. The summed E-state index contributed by atoms with van der Waals surface area (Å²) in [7, 11) is 0. The average molecular weight is 597 g/mol. The third-order valence-electron chi connectivity index (χ3n) is 6.18. The van der Waals surface area contributed by atoms with Crippen LogP contribution in [0.3, 0.4) is 0 Å². The zero-order chi connectivity index (χ0) is 22.4. The lowest BCUT2D eigenvalue weighted by molar-refractivity contribution is -0.149. The number of hydrogen-bond acceptors (Lipinski definition) is 5. The van der Waals surface area contributed by atoms with Crippen LogP contribution in [0.15, 0.2) is 18.2 Å². The summed E-state index contributed by atoms with van der Waals surface area (Å²) >= 11 is 19.1. The van der Waals surface area contributed by atoms with Crippen LogP contribution in [0, 0.1) is 23.7 Å². The Kier molecular flexibility index (Phi) is 6.68. The fourth-order valence-electron chi connectivity index (χ4n) is 4.83. The standard InChI is InChI=1S/C20H18Br2Cl2N2O5/c21-17-9-6-10(18(17)22)16-15(9)19(29)26(20(16)30)4-3-14(28)31-7-13(27)25-12-5-8(23)1-2-11(12)24/h1-2,5,9-10,15-18H,3-4,6-7H2,(H,25,27)/t9-,10-,15-,16-,17-,18+/m1/s1. The monoisotopic (exact) mass is 594 g/mol. The first-order valence-corrected chi connectivity index (χ1v) is 12.3. The summed E-state index contributed by atoms with van der Waals surface area (Å²) in [5.74, 6) is -2.09. The number of amides is 3. The second-order valence-electron chi connectivity index (χ2n) is 7.91. The lowest BCUT2D eigenvalue weighted by atomic mass is 9.81. The Morgan fingerprint density at radius 2 is 1.71 bits per heavy atom. The van der Waals surface area contributed by atoms with Crippen LogP contribution in [0.5, 0.6) is 0 Å². The van der Waals surface area contributed by atoms with E-state index in [9.17, 15) is 19.2 Å². The molecule has 11 heteroatoms. The largest absolute Gasteiger partial charge is 0.456 e. The lowest BCUT2D eigenvalue weighted by Gasteiger charge is -2.28. The summed E-state index contributed by atoms with van der Waals surface area (Å²) in [6, 6.07) is 4.59. The molecule has 1 aliphatic heterocycles. The minimum absolute atomic E-state index is 0.0510. The molecular formula is C20H18Br2Cl2N2O5. The number of ether oxygens (including phenoxy) is 1. The van der Waals surface area contributed by atoms with Crippen LogP contribution in [-0.2, 0) is 23.9 Å². The molecular weight excluding hydrogens is 579 g/mol. The summed E-state index contributed by atoms with van der Waals surface area (Å²) in [6.45, 7) is -0.569. The molecule has 7 nitrogen and oxygen atoms in total. The molecule has 1 N–H and O–H groups in total. The van der Waals surface area contributed by atoms with E-state index in [-0.39, 0.29) is 58.1 Å². The number of fused-ring (bicyclic) bond motifs is 5. The van der Waals surface area contributed by atoms with E-state index in [2.05, 4.69) is 37.2 Å². The van der Waals surface area contributed by atoms with Crippen molar-refractivity contribution in [1.29, 1.82) is 0 Å². The molecule has 2 saturated carbocycles. The van der Waals surface area contributed by atoms with E-state index in [1.165, 1.54) is 17.0 Å². The molecule has 3 fully saturated rings. The third-order valence-corrected chi connectivity index (χ3v) is 9.96. The Labute approximate surface area is 205 Å². The van der Waals surface area contributed by atoms with Gasteiger partial charge in [-0.2, -0.15) is 0 Å². The van der Waals surface area contributed by atoms with Gasteiger partial charge in [-0.05, 0) is 36.5 Å². The zero-order valence-electron chi connectivity index (χ0n) is 16.0. The van der Waals surface area contributed by atoms with Gasteiger partial charge in [0.2, 0.25) is 11.8 Å². The summed E-state index contributed by atoms with van der Waals surface area (Å²) in [5, 5.41) is 3.20. The van der Waals surface area contributed by atoms with Crippen LogP contribution in [0.4, 0.5) is 5.69 Å². The number of benzene rings is 1. The molecule has 1 heterocycles. The van der Waals surface area contributed by atoms with Crippen molar-refractivity contribution in [2.24, 2.45) is 23.7 Å². The number of rotatable bonds is 6. The molecule has 1 aromatic rings. The molecule has 0 spiro atoms. The first-order chi connectivity index (χ1) is 14.7. The van der Waals surface area contributed by atoms with Gasteiger partial charge in [0, 0.05) is 21.2 Å². The number of carbonyl (C=O) groups is 4. The molecule has 6 atom stereocenters. The van der Waals surface area contributed by atoms with Crippen molar-refractivity contribution in [2.75, 3.05) is 18.5 Å². The van der Waals surface area contributed by atoms with E-state index >= 15 is 0 Å². The molecule has 0 unspecified atom stereocenters. The van der Waals surface area contributed by atoms with Crippen LogP contribution in [0.25, 0.3) is 0 Å². The number of likely N-dealkylation sites (tertiary alicyclic amines) is 1. The zero-order valence-corrected chi connectivity index (χ0v) is 20.7. The fourth-order valence-corrected chi connectivity index (χ4v) is 7.04. The number of carbonyl (C=O) groups excluding carboxylic acids is 4. The number of halogens is 4. The van der Waals surface area contributed by atoms with Gasteiger partial charge in [0.15, 0.2) is 6.61 Å². The predicted molar refractivity (Wildman–Crippen MR) is 121 cm³/mol. The first kappa shape index (κ1) is 23.0. The van der Waals surface area contributed by atoms with Crippen molar-refractivity contribution in [3.8, 4) is 0 Å². The van der Waals surface area contributed by atoms with Crippen molar-refractivity contribution in [3.05, 3.63) is 28.2 Å². The number of esters is 1. The van der Waals surface area contributed by atoms with Crippen molar-refractivity contribution in [3.63, 3.8) is 0 Å². The van der Waals surface area contributed by atoms with E-state index in [0.29, 0.717) is 15.7 Å². The van der Waals surface area contributed by atoms with Gasteiger partial charge in [-0.25, -0.2) is 0 Å². The van der Waals surface area contributed by atoms with Gasteiger partial charge in [0.1, 0.15) is 0 Å². The van der Waals surface area contributed by atoms with Crippen LogP contribution < -0.4 is 5.32 Å². The molecule has 2 bridgehead atoms. The molecule has 4 rings (SSSR count). The molecule has 3 amide bonds. The van der Waals surface area contributed by atoms with Gasteiger partial charge >= 0.3 is 5.97 Å². The van der Waals surface area contributed by atoms with Crippen molar-refractivity contribution in [2.45, 2.75) is 22.5 Å². The highest BCUT2D eigenvalue weighted by Gasteiger charge is 2.66. The van der Waals surface area contributed by atoms with Gasteiger partial charge in [-0.15, -0.1) is 0 Å². The molecule has 166 valence electrons. The predicted octanol–water partition coefficient (Wildman–Crippen LogP) is 3.64. The number of anilines is 1. The Balaban J connectivity index is 1.27. The maximum atomic E-state index is 12.8. The molecule has 0 radical (unpaired) electrons. The van der Waals surface area contributed by atoms with Gasteiger partial charge in [0.25, 0.3) is 5.91 Å². The van der Waals surface area contributed by atoms with Crippen molar-refractivity contribution >= 4 is 84.4 Å². The van der Waals surface area contributed by atoms with Crippen LogP contribution >= 0.6 is 55.1 Å². The van der Waals surface area contributed by atoms with Gasteiger partial charge in [0.05, 0.1) is 29.0 Å². The molecule has 0 aromatic heterocycles. The van der Waals surface area contributed by atoms with Gasteiger partial charge in [-0.3, -0.25) is 24.1 Å². The Morgan fingerprint density at radius 1 is 1.10 bits per heavy atom. The Bertz CT molecular complexity index is 929. The van der Waals surface area contributed by atoms with Crippen molar-refractivity contribution < 1.29 is 23.9 Å². The summed E-state index contributed by atoms with van der Waals surface area (Å²) < 4.78 is 4.97. The molecule has 2 aliphatic carbocycles. The second-order valence-corrected chi connectivity index (χ2v) is 10.9. The van der Waals surface area contributed by atoms with E-state index in [1.807, 2.05) is 0 Å². The fraction of sp³-hybridized carbons (Fsp3) is 0.500. The quantitative estimate of drug-likeness (QED) is 0.308. The SMILES string of the molecule is O=C(COC(=O)CCN1C(=O)[C@@H]2[C@H]3C[C@@H]([C@@H](Br)[C@H]3Br)[C@H]2C1=O)Nc1cc(Cl)ccc1Cl. The number of alkyl halides is 2. The summed E-state index contributed by atoms with van der Waals surface area (Å²) in [6.07, 6.45) is 0.674. The van der Waals surface area contributed by atoms with E-state index in [0.717, 1.165) is 6.42 Å². The highest BCUT2D eigenvalue weighted by Crippen LogP contribution is 2.60. The minimum Gasteiger partial charge on any atom is -0.456 e. The Hall–Kier alpha value is -1.16. The molecule has 3 aliphatic rings. The first-order valence-electron chi connectivity index (χ1n) is 9.73. The maximum absolute atomic E-state index is 12.8. The smallest absolute Gasteiger partial charge is 0.308 e. The third kappa shape index (κ3) is 4.26. The van der Waals surface area contributed by atoms with Crippen molar-refractivity contribution in [1.82, 2.24) is 4.90 Å². The second kappa shape index (κ2) is 9.00. The van der Waals surface area contributed by atoms with Gasteiger partial charge in [-0.1, -0.05) is 55.1 Å². The molecule has 1 saturated heterocycles.